The van der Waals surface area contributed by atoms with E-state index in [9.17, 15) is 14.4 Å². The first-order valence-electron chi connectivity index (χ1n) is 8.24. The lowest BCUT2D eigenvalue weighted by molar-refractivity contribution is -0.121. The van der Waals surface area contributed by atoms with E-state index in [1.807, 2.05) is 44.3 Å². The molecule has 0 aliphatic heterocycles. The van der Waals surface area contributed by atoms with Gasteiger partial charge in [-0.1, -0.05) is 18.2 Å². The van der Waals surface area contributed by atoms with Crippen LogP contribution < -0.4 is 21.5 Å². The number of benzene rings is 1. The van der Waals surface area contributed by atoms with E-state index in [-0.39, 0.29) is 24.8 Å². The second-order valence-corrected chi connectivity index (χ2v) is 6.20. The number of hydrogen-bond acceptors (Lipinski definition) is 4. The number of nitrogens with one attached hydrogen (secondary N) is 3. The molecule has 0 aliphatic carbocycles. The smallest absolute Gasteiger partial charge is 0.325 e. The zero-order valence-corrected chi connectivity index (χ0v) is 14.8. The number of amides is 1. The number of aromatic nitrogens is 2. The van der Waals surface area contributed by atoms with Gasteiger partial charge in [0.15, 0.2) is 0 Å². The van der Waals surface area contributed by atoms with E-state index in [1.54, 1.807) is 6.92 Å². The Hall–Kier alpha value is -2.83. The average Bonchev–Trinajstić information content (AvgIpc) is 2.54. The van der Waals surface area contributed by atoms with Gasteiger partial charge in [-0.25, -0.2) is 4.79 Å². The van der Waals surface area contributed by atoms with Gasteiger partial charge < -0.3 is 15.2 Å². The number of H-pyrrole nitrogens is 2. The van der Waals surface area contributed by atoms with Crippen LogP contribution in [-0.2, 0) is 11.2 Å². The molecule has 0 fully saturated rings. The first kappa shape index (κ1) is 18.5. The van der Waals surface area contributed by atoms with E-state index in [4.69, 9.17) is 0 Å². The summed E-state index contributed by atoms with van der Waals surface area (Å²) < 4.78 is 0. The molecule has 1 atom stereocenters. The third-order valence-electron chi connectivity index (χ3n) is 4.01. The molecule has 7 nitrogen and oxygen atoms in total. The van der Waals surface area contributed by atoms with Crippen LogP contribution in [0.2, 0.25) is 0 Å². The Bertz CT molecular complexity index is 826. The Morgan fingerprint density at radius 2 is 1.88 bits per heavy atom. The Labute approximate surface area is 146 Å². The number of aryl methyl sites for hydroxylation is 1. The van der Waals surface area contributed by atoms with Crippen molar-refractivity contribution in [2.45, 2.75) is 32.7 Å². The van der Waals surface area contributed by atoms with Gasteiger partial charge in [-0.3, -0.25) is 14.6 Å². The SMILES string of the molecule is Cc1[nH]c(=O)[nH]c(=O)c1CCC(=O)NC(C)CN(C)c1ccccc1. The van der Waals surface area contributed by atoms with Gasteiger partial charge in [-0.2, -0.15) is 0 Å². The molecule has 0 aliphatic rings. The second kappa shape index (κ2) is 8.32. The van der Waals surface area contributed by atoms with Gasteiger partial charge in [0.25, 0.3) is 5.56 Å². The standard InChI is InChI=1S/C18H24N4O3/c1-12(11-22(3)14-7-5-4-6-8-14)19-16(23)10-9-15-13(2)20-18(25)21-17(15)24/h4-8,12H,9-11H2,1-3H3,(H,19,23)(H2,20,21,24,25). The highest BCUT2D eigenvalue weighted by Crippen LogP contribution is 2.11. The fourth-order valence-electron chi connectivity index (χ4n) is 2.76. The molecule has 0 radical (unpaired) electrons. The number of hydrogen-bond donors (Lipinski definition) is 3. The maximum absolute atomic E-state index is 12.1. The summed E-state index contributed by atoms with van der Waals surface area (Å²) in [5, 5.41) is 2.94. The number of para-hydroxylation sites is 1. The quantitative estimate of drug-likeness (QED) is 0.696. The topological polar surface area (TPSA) is 98.1 Å². The van der Waals surface area contributed by atoms with E-state index >= 15 is 0 Å². The van der Waals surface area contributed by atoms with Gasteiger partial charge in [0.2, 0.25) is 5.91 Å². The molecule has 0 bridgehead atoms. The second-order valence-electron chi connectivity index (χ2n) is 6.20. The van der Waals surface area contributed by atoms with Crippen LogP contribution in [0.1, 0.15) is 24.6 Å². The lowest BCUT2D eigenvalue weighted by Crippen LogP contribution is -2.41. The Morgan fingerprint density at radius 1 is 1.20 bits per heavy atom. The first-order chi connectivity index (χ1) is 11.9. The molecule has 3 N–H and O–H groups in total. The summed E-state index contributed by atoms with van der Waals surface area (Å²) in [5.41, 5.74) is 1.04. The highest BCUT2D eigenvalue weighted by atomic mass is 16.2. The Balaban J connectivity index is 1.86. The van der Waals surface area contributed by atoms with Gasteiger partial charge in [-0.15, -0.1) is 0 Å². The van der Waals surface area contributed by atoms with E-state index in [2.05, 4.69) is 20.2 Å². The lowest BCUT2D eigenvalue weighted by atomic mass is 10.1. The highest BCUT2D eigenvalue weighted by Gasteiger charge is 2.12. The van der Waals surface area contributed by atoms with Crippen LogP contribution in [0.4, 0.5) is 5.69 Å². The number of carbonyl (C=O) groups is 1. The molecule has 25 heavy (non-hydrogen) atoms. The minimum absolute atomic E-state index is 0.0346. The first-order valence-corrected chi connectivity index (χ1v) is 8.24. The van der Waals surface area contributed by atoms with Crippen LogP contribution in [0.15, 0.2) is 39.9 Å². The van der Waals surface area contributed by atoms with Crippen molar-refractivity contribution in [2.24, 2.45) is 0 Å². The fraction of sp³-hybridized carbons (Fsp3) is 0.389. The molecule has 134 valence electrons. The summed E-state index contributed by atoms with van der Waals surface area (Å²) in [6, 6.07) is 9.90. The summed E-state index contributed by atoms with van der Waals surface area (Å²) in [7, 11) is 1.97. The van der Waals surface area contributed by atoms with Gasteiger partial charge in [0.1, 0.15) is 0 Å². The zero-order chi connectivity index (χ0) is 18.4. The van der Waals surface area contributed by atoms with Gasteiger partial charge in [0.05, 0.1) is 0 Å². The maximum atomic E-state index is 12.1. The minimum Gasteiger partial charge on any atom is -0.373 e. The van der Waals surface area contributed by atoms with Crippen molar-refractivity contribution in [1.82, 2.24) is 15.3 Å². The van der Waals surface area contributed by atoms with Crippen LogP contribution in [0, 0.1) is 6.92 Å². The molecule has 1 aromatic heterocycles. The van der Waals surface area contributed by atoms with Gasteiger partial charge in [0, 0.05) is 43.0 Å². The number of aromatic amines is 2. The largest absolute Gasteiger partial charge is 0.373 e. The number of likely N-dealkylation sites (N-methyl/N-ethyl adjacent to an activating group) is 1. The molecule has 1 aromatic carbocycles. The third-order valence-corrected chi connectivity index (χ3v) is 4.01. The van der Waals surface area contributed by atoms with E-state index in [0.717, 1.165) is 5.69 Å². The van der Waals surface area contributed by atoms with Crippen LogP contribution in [0.3, 0.4) is 0 Å². The minimum atomic E-state index is -0.534. The van der Waals surface area contributed by atoms with Gasteiger partial charge >= 0.3 is 5.69 Å². The summed E-state index contributed by atoms with van der Waals surface area (Å²) >= 11 is 0. The summed E-state index contributed by atoms with van der Waals surface area (Å²) in [4.78, 5) is 41.9. The van der Waals surface area contributed by atoms with Crippen molar-refractivity contribution < 1.29 is 4.79 Å². The Kier molecular flexibility index (Phi) is 6.16. The van der Waals surface area contributed by atoms with Crippen LogP contribution in [0.5, 0.6) is 0 Å². The van der Waals surface area contributed by atoms with Crippen molar-refractivity contribution in [3.8, 4) is 0 Å². The van der Waals surface area contributed by atoms with E-state index in [1.165, 1.54) is 0 Å². The lowest BCUT2D eigenvalue weighted by Gasteiger charge is -2.24. The molecule has 2 aromatic rings. The normalized spacial score (nSPS) is 11.8. The van der Waals surface area contributed by atoms with E-state index in [0.29, 0.717) is 17.8 Å². The molecule has 1 amide bonds. The summed E-state index contributed by atoms with van der Waals surface area (Å²) in [5.74, 6) is -0.126. The Morgan fingerprint density at radius 3 is 2.52 bits per heavy atom. The number of rotatable bonds is 7. The molecule has 0 saturated heterocycles. The zero-order valence-electron chi connectivity index (χ0n) is 14.8. The van der Waals surface area contributed by atoms with Crippen molar-refractivity contribution in [3.63, 3.8) is 0 Å². The number of anilines is 1. The van der Waals surface area contributed by atoms with E-state index < -0.39 is 11.2 Å². The summed E-state index contributed by atoms with van der Waals surface area (Å²) in [6.07, 6.45) is 0.473. The van der Waals surface area contributed by atoms with Crippen molar-refractivity contribution >= 4 is 11.6 Å². The number of nitrogens with zero attached hydrogens (tertiary/aromatic N) is 1. The molecule has 0 saturated carbocycles. The fourth-order valence-corrected chi connectivity index (χ4v) is 2.76. The highest BCUT2D eigenvalue weighted by molar-refractivity contribution is 5.76. The van der Waals surface area contributed by atoms with Crippen LogP contribution in [0.25, 0.3) is 0 Å². The number of carbonyl (C=O) groups excluding carboxylic acids is 1. The molecule has 1 unspecified atom stereocenters. The molecule has 7 heteroatoms. The third kappa shape index (κ3) is 5.34. The molecule has 0 spiro atoms. The molecule has 1 heterocycles. The molecular formula is C18H24N4O3. The molecular weight excluding hydrogens is 320 g/mol. The predicted octanol–water partition coefficient (Wildman–Crippen LogP) is 0.945. The van der Waals surface area contributed by atoms with Crippen LogP contribution in [-0.4, -0.2) is 35.5 Å². The predicted molar refractivity (Wildman–Crippen MR) is 98.1 cm³/mol. The summed E-state index contributed by atoms with van der Waals surface area (Å²) in [6.45, 7) is 4.27. The monoisotopic (exact) mass is 344 g/mol. The van der Waals surface area contributed by atoms with Crippen LogP contribution >= 0.6 is 0 Å². The molecule has 2 rings (SSSR count). The van der Waals surface area contributed by atoms with Crippen molar-refractivity contribution in [2.75, 3.05) is 18.5 Å². The maximum Gasteiger partial charge on any atom is 0.325 e. The van der Waals surface area contributed by atoms with Crippen molar-refractivity contribution in [3.05, 3.63) is 62.4 Å². The average molecular weight is 344 g/mol. The van der Waals surface area contributed by atoms with Gasteiger partial charge in [-0.05, 0) is 32.4 Å². The van der Waals surface area contributed by atoms with Crippen molar-refractivity contribution in [1.29, 1.82) is 0 Å².